The number of hydrogen-bond donors (Lipinski definition) is 0. The fraction of sp³-hybridized carbons (Fsp3) is 0.583. The van der Waals surface area contributed by atoms with Crippen molar-refractivity contribution >= 4 is 12.6 Å². The van der Waals surface area contributed by atoms with E-state index in [1.54, 1.807) is 0 Å². The molecule has 0 radical (unpaired) electrons. The molecule has 0 N–H and O–H groups in total. The maximum absolute atomic E-state index is 13.5. The largest absolute Gasteiger partial charge is 0.496 e. The van der Waals surface area contributed by atoms with Crippen molar-refractivity contribution in [1.29, 1.82) is 0 Å². The molecule has 1 aliphatic heterocycles. The van der Waals surface area contributed by atoms with Crippen LogP contribution in [0.1, 0.15) is 37.4 Å². The molecular weight excluding hydrogens is 220 g/mol. The quantitative estimate of drug-likeness (QED) is 0.554. The van der Waals surface area contributed by atoms with Gasteiger partial charge >= 0.3 is 7.12 Å². The number of hydrogen-bond acceptors (Lipinski definition) is 3. The third-order valence-electron chi connectivity index (χ3n) is 3.39. The first-order valence-electron chi connectivity index (χ1n) is 6.96. The fourth-order valence-electron chi connectivity index (χ4n) is 1.57. The normalized spacial score (nSPS) is 25.2. The number of aryl methyl sites for hydroxylation is 1. The Morgan fingerprint density at radius 2 is 1.88 bits per heavy atom. The van der Waals surface area contributed by atoms with E-state index in [-0.39, 0.29) is 0 Å². The molecule has 92 valence electrons. The van der Waals surface area contributed by atoms with Crippen molar-refractivity contribution in [3.05, 3.63) is 23.8 Å². The molecule has 1 aromatic rings. The summed E-state index contributed by atoms with van der Waals surface area (Å²) in [4.78, 5) is 3.50. The van der Waals surface area contributed by atoms with Crippen molar-refractivity contribution in [2.45, 2.75) is 45.7 Å². The number of halogens is 1. The van der Waals surface area contributed by atoms with Crippen LogP contribution in [0.2, 0.25) is 0 Å². The van der Waals surface area contributed by atoms with E-state index in [4.69, 9.17) is 13.4 Å². The van der Waals surface area contributed by atoms with Gasteiger partial charge in [-0.25, -0.2) is 4.98 Å². The Morgan fingerprint density at radius 1 is 1.29 bits per heavy atom. The summed E-state index contributed by atoms with van der Waals surface area (Å²) in [5, 5.41) is 0. The minimum atomic E-state index is -2.56. The predicted molar refractivity (Wildman–Crippen MR) is 64.6 cm³/mol. The average molecular weight is 240 g/mol. The van der Waals surface area contributed by atoms with Gasteiger partial charge in [-0.1, -0.05) is 6.07 Å². The van der Waals surface area contributed by atoms with E-state index < -0.39 is 36.7 Å². The van der Waals surface area contributed by atoms with Crippen LogP contribution in [0.15, 0.2) is 12.3 Å². The van der Waals surface area contributed by atoms with E-state index >= 15 is 0 Å². The van der Waals surface area contributed by atoms with Gasteiger partial charge in [-0.3, -0.25) is 0 Å². The first-order chi connectivity index (χ1) is 8.94. The van der Waals surface area contributed by atoms with Gasteiger partial charge < -0.3 is 9.31 Å². The standard InChI is InChI=1S/C12H17BFNO2/c1-8-6-9(7-15-10(8)14)13-16-11(2,3)12(4,5)17-13/h6-7H,1-5H3/i1D3. The lowest BCUT2D eigenvalue weighted by molar-refractivity contribution is 0.00578. The molecule has 0 unspecified atom stereocenters. The summed E-state index contributed by atoms with van der Waals surface area (Å²) in [5.74, 6) is -0.995. The molecule has 1 aromatic heterocycles. The SMILES string of the molecule is [2H]C([2H])([2H])c1cc(B2OC(C)(C)C(C)(C)O2)cnc1F. The van der Waals surface area contributed by atoms with Gasteiger partial charge in [0, 0.05) is 21.3 Å². The molecule has 5 heteroatoms. The Balaban J connectivity index is 2.37. The van der Waals surface area contributed by atoms with E-state index in [1.807, 2.05) is 27.7 Å². The van der Waals surface area contributed by atoms with Crippen molar-refractivity contribution < 1.29 is 17.8 Å². The van der Waals surface area contributed by atoms with Crippen LogP contribution in [0, 0.1) is 12.8 Å². The second-order valence-electron chi connectivity index (χ2n) is 5.20. The van der Waals surface area contributed by atoms with Crippen molar-refractivity contribution in [3.8, 4) is 0 Å². The molecule has 0 aliphatic carbocycles. The van der Waals surface area contributed by atoms with Crippen LogP contribution in [0.25, 0.3) is 0 Å². The van der Waals surface area contributed by atoms with E-state index in [2.05, 4.69) is 4.98 Å². The zero-order chi connectivity index (χ0) is 15.3. The van der Waals surface area contributed by atoms with E-state index in [9.17, 15) is 4.39 Å². The van der Waals surface area contributed by atoms with Crippen LogP contribution in [-0.2, 0) is 9.31 Å². The maximum atomic E-state index is 13.5. The molecule has 17 heavy (non-hydrogen) atoms. The molecule has 1 saturated heterocycles. The zero-order valence-electron chi connectivity index (χ0n) is 13.4. The molecular formula is C12H17BFNO2. The molecule has 0 amide bonds. The molecule has 2 rings (SSSR count). The molecule has 0 spiro atoms. The highest BCUT2D eigenvalue weighted by Gasteiger charge is 2.51. The summed E-state index contributed by atoms with van der Waals surface area (Å²) < 4.78 is 47.0. The lowest BCUT2D eigenvalue weighted by atomic mass is 9.80. The number of aromatic nitrogens is 1. The number of rotatable bonds is 1. The lowest BCUT2D eigenvalue weighted by Crippen LogP contribution is -2.41. The molecule has 1 fully saturated rings. The van der Waals surface area contributed by atoms with E-state index in [0.717, 1.165) is 0 Å². The highest BCUT2D eigenvalue weighted by atomic mass is 19.1. The van der Waals surface area contributed by atoms with Crippen molar-refractivity contribution in [2.75, 3.05) is 0 Å². The molecule has 1 aliphatic rings. The minimum absolute atomic E-state index is 0.399. The van der Waals surface area contributed by atoms with Crippen LogP contribution in [0.5, 0.6) is 0 Å². The Bertz CT molecular complexity index is 518. The summed E-state index contributed by atoms with van der Waals surface area (Å²) in [6.07, 6.45) is 1.24. The zero-order valence-corrected chi connectivity index (χ0v) is 10.4. The molecule has 0 bridgehead atoms. The summed E-state index contributed by atoms with van der Waals surface area (Å²) in [6, 6.07) is 1.23. The van der Waals surface area contributed by atoms with Gasteiger partial charge in [-0.2, -0.15) is 4.39 Å². The first-order valence-corrected chi connectivity index (χ1v) is 5.46. The van der Waals surface area contributed by atoms with E-state index in [1.165, 1.54) is 12.3 Å². The van der Waals surface area contributed by atoms with Crippen LogP contribution < -0.4 is 5.46 Å². The first kappa shape index (κ1) is 9.06. The average Bonchev–Trinajstić information content (AvgIpc) is 2.47. The molecule has 3 nitrogen and oxygen atoms in total. The summed E-state index contributed by atoms with van der Waals surface area (Å²) in [6.45, 7) is 4.98. The number of nitrogens with zero attached hydrogens (tertiary/aromatic N) is 1. The third kappa shape index (κ3) is 2.09. The Hall–Kier alpha value is -0.935. The molecule has 0 atom stereocenters. The van der Waals surface area contributed by atoms with Gasteiger partial charge in [0.25, 0.3) is 0 Å². The Kier molecular flexibility index (Phi) is 2.02. The highest BCUT2D eigenvalue weighted by molar-refractivity contribution is 6.62. The minimum Gasteiger partial charge on any atom is -0.399 e. The van der Waals surface area contributed by atoms with Gasteiger partial charge in [0.2, 0.25) is 5.95 Å². The molecule has 2 heterocycles. The second kappa shape index (κ2) is 3.78. The van der Waals surface area contributed by atoms with Crippen LogP contribution in [0.3, 0.4) is 0 Å². The fourth-order valence-corrected chi connectivity index (χ4v) is 1.57. The lowest BCUT2D eigenvalue weighted by Gasteiger charge is -2.32. The topological polar surface area (TPSA) is 31.4 Å². The van der Waals surface area contributed by atoms with Gasteiger partial charge in [0.1, 0.15) is 0 Å². The van der Waals surface area contributed by atoms with Crippen LogP contribution in [0.4, 0.5) is 4.39 Å². The number of pyridine rings is 1. The Morgan fingerprint density at radius 3 is 2.41 bits per heavy atom. The van der Waals surface area contributed by atoms with Crippen molar-refractivity contribution in [3.63, 3.8) is 0 Å². The van der Waals surface area contributed by atoms with Crippen molar-refractivity contribution in [2.24, 2.45) is 0 Å². The van der Waals surface area contributed by atoms with Crippen molar-refractivity contribution in [1.82, 2.24) is 4.98 Å². The second-order valence-corrected chi connectivity index (χ2v) is 5.20. The van der Waals surface area contributed by atoms with Crippen LogP contribution >= 0.6 is 0 Å². The van der Waals surface area contributed by atoms with E-state index in [0.29, 0.717) is 5.46 Å². The summed E-state index contributed by atoms with van der Waals surface area (Å²) in [7, 11) is -0.755. The molecule has 0 aromatic carbocycles. The summed E-state index contributed by atoms with van der Waals surface area (Å²) in [5.41, 5.74) is -1.13. The third-order valence-corrected chi connectivity index (χ3v) is 3.39. The molecule has 0 saturated carbocycles. The highest BCUT2D eigenvalue weighted by Crippen LogP contribution is 2.36. The van der Waals surface area contributed by atoms with Gasteiger partial charge in [0.15, 0.2) is 0 Å². The van der Waals surface area contributed by atoms with Gasteiger partial charge in [0.05, 0.1) is 11.2 Å². The predicted octanol–water partition coefficient (Wildman–Crippen LogP) is 1.83. The monoisotopic (exact) mass is 240 g/mol. The Labute approximate surface area is 106 Å². The maximum Gasteiger partial charge on any atom is 0.496 e. The van der Waals surface area contributed by atoms with Crippen LogP contribution in [-0.4, -0.2) is 23.3 Å². The van der Waals surface area contributed by atoms with Gasteiger partial charge in [-0.15, -0.1) is 0 Å². The summed E-state index contributed by atoms with van der Waals surface area (Å²) >= 11 is 0. The smallest absolute Gasteiger partial charge is 0.399 e. The van der Waals surface area contributed by atoms with Gasteiger partial charge in [-0.05, 0) is 34.5 Å².